The van der Waals surface area contributed by atoms with E-state index >= 15 is 0 Å². The Morgan fingerprint density at radius 3 is 0.967 bits per heavy atom. The molecule has 0 aromatic carbocycles. The van der Waals surface area contributed by atoms with E-state index in [2.05, 4.69) is 19.2 Å². The van der Waals surface area contributed by atoms with E-state index in [0.29, 0.717) is 12.8 Å². The first kappa shape index (κ1) is 83.0. The third-order valence-corrected chi connectivity index (χ3v) is 19.2. The van der Waals surface area contributed by atoms with Crippen molar-refractivity contribution in [2.75, 3.05) is 26.4 Å². The van der Waals surface area contributed by atoms with Gasteiger partial charge in [-0.1, -0.05) is 296 Å². The summed E-state index contributed by atoms with van der Waals surface area (Å²) in [5.41, 5.74) is 0. The fourth-order valence-electron chi connectivity index (χ4n) is 13.1. The molecule has 534 valence electrons. The number of amides is 1. The van der Waals surface area contributed by atoms with Crippen LogP contribution in [0.1, 0.15) is 316 Å². The number of hydrogen-bond donors (Lipinski definition) is 12. The van der Waals surface area contributed by atoms with Gasteiger partial charge in [0, 0.05) is 6.42 Å². The lowest BCUT2D eigenvalue weighted by molar-refractivity contribution is -0.379. The van der Waals surface area contributed by atoms with Gasteiger partial charge >= 0.3 is 0 Å². The molecular formula is C71H137NO18. The fourth-order valence-corrected chi connectivity index (χ4v) is 13.1. The number of aliphatic hydroxyl groups excluding tert-OH is 11. The summed E-state index contributed by atoms with van der Waals surface area (Å²) in [5.74, 6) is -0.235. The summed E-state index contributed by atoms with van der Waals surface area (Å²) < 4.78 is 34.4. The Labute approximate surface area is 544 Å². The molecule has 0 spiro atoms. The normalized spacial score (nSPS) is 27.9. The summed E-state index contributed by atoms with van der Waals surface area (Å²) in [5, 5.41) is 121. The predicted octanol–water partition coefficient (Wildman–Crippen LogP) is 10.7. The van der Waals surface area contributed by atoms with Crippen LogP contribution in [0.2, 0.25) is 0 Å². The van der Waals surface area contributed by atoms with Crippen molar-refractivity contribution in [3.8, 4) is 0 Å². The largest absolute Gasteiger partial charge is 0.394 e. The molecule has 1 amide bonds. The SMILES string of the molecule is CCCCCCCCCCCCCCCCCCCCCCCCCCCCCCCCCC(=O)NC(COC1OC(CO)C(OC2OC(CO)C(OC3OC(CO)C(O)C(O)C3O)C(O)C2O)C(O)C1O)C(O)CCCCCCCCCCCCCCCC. The highest BCUT2D eigenvalue weighted by Crippen LogP contribution is 2.33. The van der Waals surface area contributed by atoms with Gasteiger partial charge in [-0.25, -0.2) is 0 Å². The average molecular weight is 1290 g/mol. The number of carbonyl (C=O) groups excluding carboxylic acids is 1. The van der Waals surface area contributed by atoms with Crippen molar-refractivity contribution in [3.05, 3.63) is 0 Å². The lowest BCUT2D eigenvalue weighted by atomic mass is 9.96. The van der Waals surface area contributed by atoms with Gasteiger partial charge in [0.25, 0.3) is 0 Å². The first-order valence-electron chi connectivity index (χ1n) is 37.3. The first-order valence-corrected chi connectivity index (χ1v) is 37.3. The molecule has 3 rings (SSSR count). The molecule has 0 aromatic rings. The number of ether oxygens (including phenoxy) is 6. The smallest absolute Gasteiger partial charge is 0.220 e. The maximum Gasteiger partial charge on any atom is 0.220 e. The molecule has 3 aliphatic heterocycles. The van der Waals surface area contributed by atoms with Crippen LogP contribution in [0.4, 0.5) is 0 Å². The Kier molecular flexibility index (Phi) is 49.7. The quantitative estimate of drug-likeness (QED) is 0.0252. The van der Waals surface area contributed by atoms with Crippen molar-refractivity contribution in [1.29, 1.82) is 0 Å². The highest BCUT2D eigenvalue weighted by atomic mass is 16.8. The van der Waals surface area contributed by atoms with E-state index in [-0.39, 0.29) is 18.9 Å². The topological polar surface area (TPSA) is 307 Å². The second kappa shape index (κ2) is 53.9. The van der Waals surface area contributed by atoms with Crippen molar-refractivity contribution in [2.45, 2.75) is 420 Å². The Morgan fingerprint density at radius 1 is 0.356 bits per heavy atom. The molecule has 0 bridgehead atoms. The number of unbranched alkanes of at least 4 members (excludes halogenated alkanes) is 43. The van der Waals surface area contributed by atoms with Crippen LogP contribution in [0.15, 0.2) is 0 Å². The summed E-state index contributed by atoms with van der Waals surface area (Å²) in [6.07, 6.45) is 32.1. The maximum atomic E-state index is 13.4. The Balaban J connectivity index is 1.34. The van der Waals surface area contributed by atoms with Crippen molar-refractivity contribution in [1.82, 2.24) is 5.32 Å². The van der Waals surface area contributed by atoms with Crippen molar-refractivity contribution in [3.63, 3.8) is 0 Å². The van der Waals surface area contributed by atoms with Crippen LogP contribution in [-0.2, 0) is 33.2 Å². The van der Waals surface area contributed by atoms with E-state index in [1.165, 1.54) is 238 Å². The molecule has 0 aromatic heterocycles. The lowest BCUT2D eigenvalue weighted by Crippen LogP contribution is -2.66. The zero-order valence-corrected chi connectivity index (χ0v) is 56.7. The third kappa shape index (κ3) is 35.2. The molecule has 90 heavy (non-hydrogen) atoms. The van der Waals surface area contributed by atoms with E-state index in [1.807, 2.05) is 0 Å². The number of nitrogens with one attached hydrogen (secondary N) is 1. The second-order valence-corrected chi connectivity index (χ2v) is 27.1. The number of aliphatic hydroxyl groups is 11. The first-order chi connectivity index (χ1) is 43.8. The van der Waals surface area contributed by atoms with Gasteiger partial charge < -0.3 is 89.9 Å². The van der Waals surface area contributed by atoms with E-state index in [9.17, 15) is 61.0 Å². The molecule has 3 saturated heterocycles. The van der Waals surface area contributed by atoms with E-state index in [4.69, 9.17) is 28.4 Å². The van der Waals surface area contributed by atoms with Gasteiger partial charge in [0.05, 0.1) is 38.6 Å². The highest BCUT2D eigenvalue weighted by molar-refractivity contribution is 5.76. The number of rotatable bonds is 59. The Bertz CT molecular complexity index is 1640. The minimum absolute atomic E-state index is 0.235. The molecular weight excluding hydrogens is 1150 g/mol. The van der Waals surface area contributed by atoms with Gasteiger partial charge in [-0.05, 0) is 12.8 Å². The Hall–Kier alpha value is -1.21. The Morgan fingerprint density at radius 2 is 0.633 bits per heavy atom. The van der Waals surface area contributed by atoms with Gasteiger partial charge in [0.1, 0.15) is 73.2 Å². The molecule has 17 atom stereocenters. The molecule has 17 unspecified atom stereocenters. The minimum Gasteiger partial charge on any atom is -0.394 e. The molecule has 3 fully saturated rings. The van der Waals surface area contributed by atoms with Gasteiger partial charge in [-0.15, -0.1) is 0 Å². The fraction of sp³-hybridized carbons (Fsp3) is 0.986. The summed E-state index contributed by atoms with van der Waals surface area (Å²) in [6.45, 7) is 1.84. The predicted molar refractivity (Wildman–Crippen MR) is 351 cm³/mol. The highest BCUT2D eigenvalue weighted by Gasteiger charge is 2.53. The maximum absolute atomic E-state index is 13.4. The lowest BCUT2D eigenvalue weighted by Gasteiger charge is -2.48. The molecule has 19 nitrogen and oxygen atoms in total. The summed E-state index contributed by atoms with van der Waals surface area (Å²) in [7, 11) is 0. The summed E-state index contributed by atoms with van der Waals surface area (Å²) in [4.78, 5) is 13.4. The van der Waals surface area contributed by atoms with Crippen LogP contribution in [0.3, 0.4) is 0 Å². The van der Waals surface area contributed by atoms with Crippen LogP contribution in [0, 0.1) is 0 Å². The zero-order valence-electron chi connectivity index (χ0n) is 56.7. The van der Waals surface area contributed by atoms with E-state index in [1.54, 1.807) is 0 Å². The van der Waals surface area contributed by atoms with Gasteiger partial charge in [0.15, 0.2) is 18.9 Å². The third-order valence-electron chi connectivity index (χ3n) is 19.2. The summed E-state index contributed by atoms with van der Waals surface area (Å²) >= 11 is 0. The van der Waals surface area contributed by atoms with Crippen molar-refractivity contribution >= 4 is 5.91 Å². The van der Waals surface area contributed by atoms with Gasteiger partial charge in [-0.3, -0.25) is 4.79 Å². The van der Waals surface area contributed by atoms with Crippen LogP contribution in [-0.4, -0.2) is 193 Å². The van der Waals surface area contributed by atoms with Crippen LogP contribution in [0.25, 0.3) is 0 Å². The summed E-state index contributed by atoms with van der Waals surface area (Å²) in [6, 6.07) is -0.881. The molecule has 3 aliphatic rings. The molecule has 3 heterocycles. The van der Waals surface area contributed by atoms with E-state index < -0.39 is 124 Å². The molecule has 12 N–H and O–H groups in total. The monoisotopic (exact) mass is 1290 g/mol. The standard InChI is InChI=1S/C71H137NO18/c1-3-5-7-9-11-13-15-17-19-20-21-22-23-24-25-26-27-28-29-30-31-32-33-34-35-37-39-41-43-45-47-49-59(77)72-54(55(76)48-46-44-42-40-38-36-18-16-14-12-10-8-6-4-2)53-85-69-65(83)62(80)67(57(51-74)87-69)90-71-66(84)63(81)68(58(52-75)88-71)89-70-64(82)61(79)60(78)56(50-73)86-70/h54-58,60-71,73-76,78-84H,3-53H2,1-2H3,(H,72,77). The molecule has 0 saturated carbocycles. The number of carbonyl (C=O) groups is 1. The van der Waals surface area contributed by atoms with E-state index in [0.717, 1.165) is 44.9 Å². The van der Waals surface area contributed by atoms with Gasteiger partial charge in [0.2, 0.25) is 5.91 Å². The number of hydrogen-bond acceptors (Lipinski definition) is 18. The molecule has 0 radical (unpaired) electrons. The van der Waals surface area contributed by atoms with Crippen molar-refractivity contribution in [2.24, 2.45) is 0 Å². The second-order valence-electron chi connectivity index (χ2n) is 27.1. The van der Waals surface area contributed by atoms with Crippen LogP contribution in [0.5, 0.6) is 0 Å². The van der Waals surface area contributed by atoms with Crippen molar-refractivity contribution < 1.29 is 89.4 Å². The van der Waals surface area contributed by atoms with Crippen LogP contribution < -0.4 is 5.32 Å². The van der Waals surface area contributed by atoms with Gasteiger partial charge in [-0.2, -0.15) is 0 Å². The zero-order chi connectivity index (χ0) is 65.4. The average Bonchev–Trinajstić information content (AvgIpc) is 0.908. The minimum atomic E-state index is -1.97. The van der Waals surface area contributed by atoms with Crippen LogP contribution >= 0.6 is 0 Å². The molecule has 19 heteroatoms. The molecule has 0 aliphatic carbocycles.